The summed E-state index contributed by atoms with van der Waals surface area (Å²) >= 11 is 0. The number of hydrogen-bond donors (Lipinski definition) is 4. The summed E-state index contributed by atoms with van der Waals surface area (Å²) in [6, 6.07) is 11.7. The molecule has 4 amide bonds. The first-order valence-corrected chi connectivity index (χ1v) is 13.2. The van der Waals surface area contributed by atoms with E-state index < -0.39 is 47.7 Å². The summed E-state index contributed by atoms with van der Waals surface area (Å²) in [5, 5.41) is 27.9. The van der Waals surface area contributed by atoms with Crippen LogP contribution in [0.15, 0.2) is 59.8 Å². The van der Waals surface area contributed by atoms with Crippen LogP contribution in [0.3, 0.4) is 0 Å². The zero-order valence-corrected chi connectivity index (χ0v) is 22.5. The van der Waals surface area contributed by atoms with Gasteiger partial charge in [0.25, 0.3) is 0 Å². The second kappa shape index (κ2) is 12.9. The van der Waals surface area contributed by atoms with E-state index in [0.717, 1.165) is 43.7 Å². The first kappa shape index (κ1) is 29.6. The normalized spacial score (nSPS) is 22.5. The molecule has 10 nitrogen and oxygen atoms in total. The van der Waals surface area contributed by atoms with Crippen molar-refractivity contribution >= 4 is 18.0 Å². The molecule has 0 radical (unpaired) electrons. The second-order valence-electron chi connectivity index (χ2n) is 9.94. The molecule has 1 saturated carbocycles. The summed E-state index contributed by atoms with van der Waals surface area (Å²) in [6.45, 7) is -0.307. The van der Waals surface area contributed by atoms with Crippen LogP contribution < -0.4 is 16.0 Å². The first-order valence-electron chi connectivity index (χ1n) is 13.2. The minimum absolute atomic E-state index is 0.0695. The molecule has 1 atom stereocenters. The van der Waals surface area contributed by atoms with Gasteiger partial charge >= 0.3 is 18.0 Å². The number of urea groups is 2. The van der Waals surface area contributed by atoms with E-state index in [9.17, 15) is 33.5 Å². The number of halogens is 2. The number of nitrogens with zero attached hydrogens (tertiary/aromatic N) is 2. The minimum atomic E-state index is -1.49. The predicted octanol–water partition coefficient (Wildman–Crippen LogP) is 3.15. The number of carbonyl (C=O) groups is 3. The Morgan fingerprint density at radius 2 is 1.85 bits per heavy atom. The highest BCUT2D eigenvalue weighted by molar-refractivity contribution is 6.01. The molecule has 1 unspecified atom stereocenters. The number of imide groups is 1. The molecular formula is C29H31F2N5O5. The lowest BCUT2D eigenvalue weighted by atomic mass is 9.69. The second-order valence-corrected chi connectivity index (χ2v) is 9.94. The molecule has 1 fully saturated rings. The van der Waals surface area contributed by atoms with Gasteiger partial charge in [-0.1, -0.05) is 36.4 Å². The summed E-state index contributed by atoms with van der Waals surface area (Å²) in [5.74, 6) is -3.36. The topological polar surface area (TPSA) is 144 Å². The van der Waals surface area contributed by atoms with Crippen molar-refractivity contribution in [2.75, 3.05) is 26.8 Å². The fraction of sp³-hybridized carbons (Fsp3) is 0.379. The summed E-state index contributed by atoms with van der Waals surface area (Å²) in [6.07, 6.45) is 2.91. The predicted molar refractivity (Wildman–Crippen MR) is 143 cm³/mol. The molecule has 216 valence electrons. The minimum Gasteiger partial charge on any atom is -0.466 e. The van der Waals surface area contributed by atoms with E-state index in [4.69, 9.17) is 4.74 Å². The molecule has 0 spiro atoms. The largest absolute Gasteiger partial charge is 0.466 e. The SMILES string of the molecule is COC(=O)C1=C(CO)NC(=O)N(C(=O)NCCNC2CCC(C#N)(c3ccccc3)CC2)C1c1ccc(F)c(F)c1. The Morgan fingerprint density at radius 1 is 1.15 bits per heavy atom. The zero-order chi connectivity index (χ0) is 29.6. The Morgan fingerprint density at radius 3 is 2.46 bits per heavy atom. The third kappa shape index (κ3) is 6.21. The van der Waals surface area contributed by atoms with Crippen LogP contribution in [0.25, 0.3) is 0 Å². The van der Waals surface area contributed by atoms with E-state index in [1.54, 1.807) is 0 Å². The van der Waals surface area contributed by atoms with E-state index in [1.165, 1.54) is 0 Å². The van der Waals surface area contributed by atoms with Crippen molar-refractivity contribution in [2.45, 2.75) is 43.2 Å². The number of esters is 1. The van der Waals surface area contributed by atoms with Gasteiger partial charge in [-0.15, -0.1) is 0 Å². The molecule has 1 aliphatic heterocycles. The third-order valence-corrected chi connectivity index (χ3v) is 7.59. The maximum atomic E-state index is 14.1. The smallest absolute Gasteiger partial charge is 0.338 e. The lowest BCUT2D eigenvalue weighted by Gasteiger charge is -2.37. The summed E-state index contributed by atoms with van der Waals surface area (Å²) in [4.78, 5) is 39.5. The molecule has 4 N–H and O–H groups in total. The van der Waals surface area contributed by atoms with Crippen LogP contribution in [-0.2, 0) is 14.9 Å². The molecule has 1 heterocycles. The van der Waals surface area contributed by atoms with Crippen LogP contribution in [0, 0.1) is 23.0 Å². The van der Waals surface area contributed by atoms with Crippen LogP contribution in [0.2, 0.25) is 0 Å². The fourth-order valence-electron chi connectivity index (χ4n) is 5.41. The summed E-state index contributed by atoms with van der Waals surface area (Å²) in [7, 11) is 1.07. The van der Waals surface area contributed by atoms with E-state index >= 15 is 0 Å². The van der Waals surface area contributed by atoms with Gasteiger partial charge in [-0.2, -0.15) is 5.26 Å². The van der Waals surface area contributed by atoms with Crippen LogP contribution >= 0.6 is 0 Å². The lowest BCUT2D eigenvalue weighted by Crippen LogP contribution is -2.55. The molecule has 0 saturated heterocycles. The average molecular weight is 568 g/mol. The number of rotatable bonds is 8. The molecule has 1 aliphatic carbocycles. The quantitative estimate of drug-likeness (QED) is 0.283. The van der Waals surface area contributed by atoms with E-state index in [1.807, 2.05) is 30.3 Å². The molecular weight excluding hydrogens is 536 g/mol. The van der Waals surface area contributed by atoms with Crippen LogP contribution in [0.5, 0.6) is 0 Å². The van der Waals surface area contributed by atoms with Gasteiger partial charge in [-0.3, -0.25) is 0 Å². The Kier molecular flexibility index (Phi) is 9.31. The van der Waals surface area contributed by atoms with Crippen LogP contribution in [0.1, 0.15) is 42.9 Å². The molecule has 12 heteroatoms. The van der Waals surface area contributed by atoms with E-state index in [-0.39, 0.29) is 29.4 Å². The summed E-state index contributed by atoms with van der Waals surface area (Å²) < 4.78 is 32.6. The molecule has 2 aromatic carbocycles. The number of hydrogen-bond acceptors (Lipinski definition) is 7. The van der Waals surface area contributed by atoms with Gasteiger partial charge in [0.15, 0.2) is 11.6 Å². The number of nitriles is 1. The molecule has 4 rings (SSSR count). The number of ether oxygens (including phenoxy) is 1. The van der Waals surface area contributed by atoms with Gasteiger partial charge in [0.1, 0.15) is 6.04 Å². The maximum Gasteiger partial charge on any atom is 0.338 e. The number of carbonyl (C=O) groups excluding carboxylic acids is 3. The Balaban J connectivity index is 1.42. The van der Waals surface area contributed by atoms with Crippen molar-refractivity contribution in [1.82, 2.24) is 20.9 Å². The molecule has 41 heavy (non-hydrogen) atoms. The third-order valence-electron chi connectivity index (χ3n) is 7.59. The number of amides is 4. The number of aliphatic hydroxyl groups excluding tert-OH is 1. The zero-order valence-electron chi connectivity index (χ0n) is 22.5. The van der Waals surface area contributed by atoms with Crippen molar-refractivity contribution in [2.24, 2.45) is 0 Å². The molecule has 2 aromatic rings. The number of aliphatic hydroxyl groups is 1. The van der Waals surface area contributed by atoms with Crippen molar-refractivity contribution in [3.05, 3.63) is 82.6 Å². The Labute approximate surface area is 236 Å². The van der Waals surface area contributed by atoms with Crippen LogP contribution in [0.4, 0.5) is 18.4 Å². The van der Waals surface area contributed by atoms with Crippen LogP contribution in [-0.4, -0.2) is 60.9 Å². The number of methoxy groups -OCH3 is 1. The average Bonchev–Trinajstić information content (AvgIpc) is 3.00. The van der Waals surface area contributed by atoms with Gasteiger partial charge in [-0.25, -0.2) is 28.1 Å². The van der Waals surface area contributed by atoms with Crippen molar-refractivity contribution in [3.63, 3.8) is 0 Å². The van der Waals surface area contributed by atoms with Gasteiger partial charge in [0.2, 0.25) is 0 Å². The van der Waals surface area contributed by atoms with E-state index in [2.05, 4.69) is 22.0 Å². The highest BCUT2D eigenvalue weighted by atomic mass is 19.2. The van der Waals surface area contributed by atoms with Crippen molar-refractivity contribution < 1.29 is 33.0 Å². The van der Waals surface area contributed by atoms with Gasteiger partial charge < -0.3 is 25.8 Å². The van der Waals surface area contributed by atoms with Gasteiger partial charge in [0, 0.05) is 19.1 Å². The Hall–Kier alpha value is -4.34. The monoisotopic (exact) mass is 567 g/mol. The standard InChI is InChI=1S/C29H31F2N5O5/c1-41-26(38)24-23(16-37)35-28(40)36(25(24)18-7-8-21(30)22(31)15-18)27(39)34-14-13-33-20-9-11-29(17-32,12-10-20)19-5-3-2-4-6-19/h2-8,15,20,25,33,37H,9-14,16H2,1H3,(H,34,39)(H,35,40). The first-order chi connectivity index (χ1) is 19.7. The molecule has 2 aliphatic rings. The lowest BCUT2D eigenvalue weighted by molar-refractivity contribution is -0.137. The maximum absolute atomic E-state index is 14.1. The Bertz CT molecular complexity index is 1370. The number of benzene rings is 2. The van der Waals surface area contributed by atoms with Gasteiger partial charge in [0.05, 0.1) is 36.5 Å². The van der Waals surface area contributed by atoms with Crippen molar-refractivity contribution in [3.8, 4) is 6.07 Å². The fourth-order valence-corrected chi connectivity index (χ4v) is 5.41. The van der Waals surface area contributed by atoms with Gasteiger partial charge in [-0.05, 0) is 48.9 Å². The van der Waals surface area contributed by atoms with E-state index in [0.29, 0.717) is 24.3 Å². The number of nitrogens with one attached hydrogen (secondary N) is 3. The highest BCUT2D eigenvalue weighted by Crippen LogP contribution is 2.39. The molecule has 0 aromatic heterocycles. The highest BCUT2D eigenvalue weighted by Gasteiger charge is 2.43. The van der Waals surface area contributed by atoms with Crippen molar-refractivity contribution in [1.29, 1.82) is 5.26 Å². The summed E-state index contributed by atoms with van der Waals surface area (Å²) in [5.41, 5.74) is -0.102. The molecule has 0 bridgehead atoms.